The lowest BCUT2D eigenvalue weighted by Crippen LogP contribution is -2.01. The maximum atomic E-state index is 5.92. The molecule has 39 heavy (non-hydrogen) atoms. The Morgan fingerprint density at radius 3 is 1.72 bits per heavy atom. The number of nitrogens with zero attached hydrogens (tertiary/aromatic N) is 1. The van der Waals surface area contributed by atoms with Crippen LogP contribution in [0.2, 0.25) is 0 Å². The standard InChI is InChI=1S/C35H24N2O2/c36-34-33(39-34)25-7-3-5-21(17-25)23-11-13-29-30-14-12-24(22-6-4-8-26(18-22)35-37-15-16-38-35)20-32(30)28-10-2-1-9-27(28)31(29)19-23/h1-20,33-34H,36H2. The second-order valence-electron chi connectivity index (χ2n) is 10.1. The Kier molecular flexibility index (Phi) is 4.92. The van der Waals surface area contributed by atoms with Gasteiger partial charge in [0.2, 0.25) is 5.89 Å². The van der Waals surface area contributed by atoms with Crippen LogP contribution in [0.1, 0.15) is 11.7 Å². The van der Waals surface area contributed by atoms with Gasteiger partial charge in [-0.3, -0.25) is 0 Å². The molecule has 1 fully saturated rings. The molecular formula is C35H24N2O2. The SMILES string of the molecule is NC1OC1c1cccc(-c2ccc3c4ccc(-c5cccc(-c6ncco6)c5)cc4c4ccccc4c3c2)c1. The van der Waals surface area contributed by atoms with Gasteiger partial charge in [0.15, 0.2) is 0 Å². The smallest absolute Gasteiger partial charge is 0.225 e. The van der Waals surface area contributed by atoms with Gasteiger partial charge in [-0.25, -0.2) is 4.98 Å². The van der Waals surface area contributed by atoms with E-state index in [1.807, 2.05) is 6.07 Å². The van der Waals surface area contributed by atoms with Crippen LogP contribution in [0.4, 0.5) is 0 Å². The summed E-state index contributed by atoms with van der Waals surface area (Å²) < 4.78 is 11.0. The van der Waals surface area contributed by atoms with Gasteiger partial charge in [0.25, 0.3) is 0 Å². The summed E-state index contributed by atoms with van der Waals surface area (Å²) in [5, 5.41) is 7.47. The molecule has 2 heterocycles. The number of rotatable bonds is 4. The number of hydrogen-bond donors (Lipinski definition) is 1. The van der Waals surface area contributed by atoms with Crippen molar-refractivity contribution < 1.29 is 9.15 Å². The third kappa shape index (κ3) is 3.73. The van der Waals surface area contributed by atoms with E-state index in [4.69, 9.17) is 14.9 Å². The summed E-state index contributed by atoms with van der Waals surface area (Å²) in [5.74, 6) is 0.628. The fourth-order valence-corrected chi connectivity index (χ4v) is 5.80. The van der Waals surface area contributed by atoms with E-state index in [-0.39, 0.29) is 12.3 Å². The van der Waals surface area contributed by atoms with Gasteiger partial charge in [-0.15, -0.1) is 0 Å². The van der Waals surface area contributed by atoms with Crippen LogP contribution in [0.25, 0.3) is 66.0 Å². The molecule has 1 aliphatic heterocycles. The molecule has 1 aliphatic rings. The summed E-state index contributed by atoms with van der Waals surface area (Å²) in [6.45, 7) is 0. The summed E-state index contributed by atoms with van der Waals surface area (Å²) in [6, 6.07) is 39.1. The number of nitrogens with two attached hydrogens (primary N) is 1. The second kappa shape index (κ2) is 8.63. The van der Waals surface area contributed by atoms with Crippen LogP contribution < -0.4 is 5.73 Å². The molecule has 0 saturated carbocycles. The first kappa shape index (κ1) is 22.2. The van der Waals surface area contributed by atoms with E-state index in [0.717, 1.165) is 22.3 Å². The quantitative estimate of drug-likeness (QED) is 0.193. The minimum atomic E-state index is -0.193. The highest BCUT2D eigenvalue weighted by molar-refractivity contribution is 6.26. The molecule has 1 aromatic heterocycles. The summed E-state index contributed by atoms with van der Waals surface area (Å²) in [4.78, 5) is 4.32. The fraction of sp³-hybridized carbons (Fsp3) is 0.0571. The van der Waals surface area contributed by atoms with Gasteiger partial charge in [-0.1, -0.05) is 78.9 Å². The largest absolute Gasteiger partial charge is 0.445 e. The van der Waals surface area contributed by atoms with Crippen LogP contribution in [-0.2, 0) is 4.74 Å². The van der Waals surface area contributed by atoms with Crippen molar-refractivity contribution in [2.24, 2.45) is 5.73 Å². The first-order chi connectivity index (χ1) is 19.2. The van der Waals surface area contributed by atoms with Gasteiger partial charge in [-0.2, -0.15) is 0 Å². The lowest BCUT2D eigenvalue weighted by atomic mass is 9.90. The highest BCUT2D eigenvalue weighted by atomic mass is 16.6. The maximum absolute atomic E-state index is 5.92. The number of fused-ring (bicyclic) bond motifs is 6. The van der Waals surface area contributed by atoms with Crippen LogP contribution >= 0.6 is 0 Å². The molecule has 2 unspecified atom stereocenters. The molecule has 1 saturated heterocycles. The molecule has 2 N–H and O–H groups in total. The number of benzene rings is 6. The first-order valence-corrected chi connectivity index (χ1v) is 13.1. The minimum absolute atomic E-state index is 0.000384. The van der Waals surface area contributed by atoms with Crippen molar-refractivity contribution in [2.45, 2.75) is 12.3 Å². The molecule has 8 rings (SSSR count). The van der Waals surface area contributed by atoms with Crippen LogP contribution in [0.5, 0.6) is 0 Å². The average molecular weight is 505 g/mol. The van der Waals surface area contributed by atoms with Gasteiger partial charge in [0, 0.05) is 5.56 Å². The first-order valence-electron chi connectivity index (χ1n) is 13.1. The molecule has 6 aromatic carbocycles. The van der Waals surface area contributed by atoms with Crippen molar-refractivity contribution in [3.63, 3.8) is 0 Å². The van der Waals surface area contributed by atoms with E-state index in [2.05, 4.69) is 108 Å². The zero-order valence-electron chi connectivity index (χ0n) is 21.0. The monoisotopic (exact) mass is 504 g/mol. The minimum Gasteiger partial charge on any atom is -0.445 e. The van der Waals surface area contributed by atoms with Crippen molar-refractivity contribution in [3.8, 4) is 33.7 Å². The molecule has 0 amide bonds. The van der Waals surface area contributed by atoms with Crippen molar-refractivity contribution in [3.05, 3.63) is 127 Å². The van der Waals surface area contributed by atoms with Gasteiger partial charge in [-0.05, 0) is 90.5 Å². The van der Waals surface area contributed by atoms with Crippen molar-refractivity contribution in [1.29, 1.82) is 0 Å². The topological polar surface area (TPSA) is 64.6 Å². The molecule has 0 bridgehead atoms. The Labute approximate surface area is 225 Å². The Hall–Kier alpha value is -4.77. The number of hydrogen-bond acceptors (Lipinski definition) is 4. The molecule has 0 radical (unpaired) electrons. The van der Waals surface area contributed by atoms with E-state index in [1.54, 1.807) is 12.5 Å². The van der Waals surface area contributed by atoms with Crippen LogP contribution in [0.15, 0.2) is 126 Å². The Morgan fingerprint density at radius 1 is 0.538 bits per heavy atom. The van der Waals surface area contributed by atoms with Crippen molar-refractivity contribution in [2.75, 3.05) is 0 Å². The second-order valence-corrected chi connectivity index (χ2v) is 10.1. The number of ether oxygens (including phenoxy) is 1. The molecule has 4 nitrogen and oxygen atoms in total. The van der Waals surface area contributed by atoms with Crippen LogP contribution in [-0.4, -0.2) is 11.2 Å². The average Bonchev–Trinajstić information content (AvgIpc) is 3.48. The highest BCUT2D eigenvalue weighted by Crippen LogP contribution is 2.40. The lowest BCUT2D eigenvalue weighted by Gasteiger charge is -2.14. The van der Waals surface area contributed by atoms with Crippen LogP contribution in [0, 0.1) is 0 Å². The molecule has 186 valence electrons. The Bertz CT molecular complexity index is 2010. The summed E-state index contributed by atoms with van der Waals surface area (Å²) in [5.41, 5.74) is 12.7. The Balaban J connectivity index is 1.30. The summed E-state index contributed by atoms with van der Waals surface area (Å²) in [7, 11) is 0. The summed E-state index contributed by atoms with van der Waals surface area (Å²) >= 11 is 0. The predicted octanol–water partition coefficient (Wildman–Crippen LogP) is 8.49. The van der Waals surface area contributed by atoms with Gasteiger partial charge in [0.05, 0.1) is 6.20 Å². The number of epoxide rings is 1. The van der Waals surface area contributed by atoms with Crippen LogP contribution in [0.3, 0.4) is 0 Å². The molecule has 4 heteroatoms. The van der Waals surface area contributed by atoms with Crippen molar-refractivity contribution in [1.82, 2.24) is 4.98 Å². The lowest BCUT2D eigenvalue weighted by molar-refractivity contribution is 0.377. The fourth-order valence-electron chi connectivity index (χ4n) is 5.80. The molecule has 7 aromatic rings. The maximum Gasteiger partial charge on any atom is 0.225 e. The highest BCUT2D eigenvalue weighted by Gasteiger charge is 2.36. The molecule has 0 aliphatic carbocycles. The van der Waals surface area contributed by atoms with E-state index in [1.165, 1.54) is 43.4 Å². The van der Waals surface area contributed by atoms with E-state index in [0.29, 0.717) is 5.89 Å². The van der Waals surface area contributed by atoms with E-state index < -0.39 is 0 Å². The molecule has 2 atom stereocenters. The van der Waals surface area contributed by atoms with E-state index in [9.17, 15) is 0 Å². The number of oxazole rings is 1. The summed E-state index contributed by atoms with van der Waals surface area (Å²) in [6.07, 6.45) is 3.09. The Morgan fingerprint density at radius 2 is 1.10 bits per heavy atom. The van der Waals surface area contributed by atoms with Gasteiger partial charge in [0.1, 0.15) is 18.6 Å². The third-order valence-electron chi connectivity index (χ3n) is 7.79. The van der Waals surface area contributed by atoms with E-state index >= 15 is 0 Å². The number of aromatic nitrogens is 1. The molecular weight excluding hydrogens is 480 g/mol. The predicted molar refractivity (Wildman–Crippen MR) is 157 cm³/mol. The van der Waals surface area contributed by atoms with Gasteiger partial charge >= 0.3 is 0 Å². The molecule has 0 spiro atoms. The normalized spacial score (nSPS) is 16.7. The van der Waals surface area contributed by atoms with Crippen molar-refractivity contribution >= 4 is 32.3 Å². The zero-order valence-corrected chi connectivity index (χ0v) is 21.0. The zero-order chi connectivity index (χ0) is 25.9. The third-order valence-corrected chi connectivity index (χ3v) is 7.79. The van der Waals surface area contributed by atoms with Gasteiger partial charge < -0.3 is 14.9 Å².